The molecule has 0 spiro atoms. The molecule has 2 unspecified atom stereocenters. The topological polar surface area (TPSA) is 43.8 Å². The van der Waals surface area contributed by atoms with Crippen LogP contribution in [0.4, 0.5) is 5.82 Å². The number of nitrogens with two attached hydrogens (primary N) is 1. The lowest BCUT2D eigenvalue weighted by Crippen LogP contribution is -1.97. The minimum atomic E-state index is 0.747. The minimum Gasteiger partial charge on any atom is -0.384 e. The van der Waals surface area contributed by atoms with E-state index in [1.807, 2.05) is 13.1 Å². The van der Waals surface area contributed by atoms with Crippen molar-refractivity contribution in [2.45, 2.75) is 25.2 Å². The fourth-order valence-corrected chi connectivity index (χ4v) is 2.93. The average molecular weight is 177 g/mol. The highest BCUT2D eigenvalue weighted by Crippen LogP contribution is 2.62. The number of rotatable bonds is 1. The van der Waals surface area contributed by atoms with Crippen molar-refractivity contribution < 1.29 is 0 Å². The van der Waals surface area contributed by atoms with Crippen LogP contribution in [0.3, 0.4) is 0 Å². The summed E-state index contributed by atoms with van der Waals surface area (Å²) in [6.45, 7) is 0. The molecule has 2 aliphatic rings. The zero-order valence-electron chi connectivity index (χ0n) is 7.90. The van der Waals surface area contributed by atoms with Gasteiger partial charge in [-0.15, -0.1) is 0 Å². The lowest BCUT2D eigenvalue weighted by Gasteiger charge is -1.97. The van der Waals surface area contributed by atoms with Gasteiger partial charge >= 0.3 is 0 Å². The second-order valence-electron chi connectivity index (χ2n) is 4.40. The number of aryl methyl sites for hydroxylation is 1. The summed E-state index contributed by atoms with van der Waals surface area (Å²) in [4.78, 5) is 0. The summed E-state index contributed by atoms with van der Waals surface area (Å²) in [6.07, 6.45) is 4.24. The largest absolute Gasteiger partial charge is 0.384 e. The van der Waals surface area contributed by atoms with Crippen molar-refractivity contribution in [3.05, 3.63) is 11.8 Å². The van der Waals surface area contributed by atoms with Gasteiger partial charge in [0.05, 0.1) is 5.69 Å². The van der Waals surface area contributed by atoms with Gasteiger partial charge in [0.2, 0.25) is 0 Å². The molecule has 2 saturated carbocycles. The third kappa shape index (κ3) is 0.929. The number of aromatic nitrogens is 2. The highest BCUT2D eigenvalue weighted by atomic mass is 15.3. The lowest BCUT2D eigenvalue weighted by molar-refractivity contribution is 0.654. The van der Waals surface area contributed by atoms with Crippen LogP contribution >= 0.6 is 0 Å². The lowest BCUT2D eigenvalue weighted by atomic mass is 10.1. The Balaban J connectivity index is 1.87. The van der Waals surface area contributed by atoms with Crippen LogP contribution in [0.25, 0.3) is 0 Å². The van der Waals surface area contributed by atoms with E-state index in [1.54, 1.807) is 4.68 Å². The van der Waals surface area contributed by atoms with Crippen molar-refractivity contribution in [1.29, 1.82) is 0 Å². The first-order valence-corrected chi connectivity index (χ1v) is 5.07. The molecule has 70 valence electrons. The van der Waals surface area contributed by atoms with Crippen LogP contribution in [0, 0.1) is 11.8 Å². The van der Waals surface area contributed by atoms with E-state index in [1.165, 1.54) is 25.0 Å². The number of nitrogen functional groups attached to an aromatic ring is 1. The van der Waals surface area contributed by atoms with Gasteiger partial charge in [-0.2, -0.15) is 5.10 Å². The SMILES string of the molecule is Cn1nc(C2C3CCCC32)cc1N. The Morgan fingerprint density at radius 2 is 2.15 bits per heavy atom. The number of fused-ring (bicyclic) bond motifs is 1. The molecule has 1 aromatic rings. The monoisotopic (exact) mass is 177 g/mol. The molecule has 2 fully saturated rings. The van der Waals surface area contributed by atoms with E-state index in [-0.39, 0.29) is 0 Å². The first-order chi connectivity index (χ1) is 6.27. The Labute approximate surface area is 77.9 Å². The number of anilines is 1. The Kier molecular flexibility index (Phi) is 1.30. The quantitative estimate of drug-likeness (QED) is 0.706. The first-order valence-electron chi connectivity index (χ1n) is 5.07. The molecule has 0 aromatic carbocycles. The fraction of sp³-hybridized carbons (Fsp3) is 0.700. The van der Waals surface area contributed by atoms with Gasteiger partial charge in [0, 0.05) is 19.0 Å². The predicted octanol–water partition coefficient (Wildman–Crippen LogP) is 1.52. The van der Waals surface area contributed by atoms with Crippen molar-refractivity contribution in [1.82, 2.24) is 9.78 Å². The van der Waals surface area contributed by atoms with Crippen molar-refractivity contribution >= 4 is 5.82 Å². The normalized spacial score (nSPS) is 36.2. The van der Waals surface area contributed by atoms with Gasteiger partial charge in [0.1, 0.15) is 5.82 Å². The number of hydrogen-bond acceptors (Lipinski definition) is 2. The summed E-state index contributed by atoms with van der Waals surface area (Å²) in [7, 11) is 1.91. The van der Waals surface area contributed by atoms with Crippen molar-refractivity contribution in [2.24, 2.45) is 18.9 Å². The van der Waals surface area contributed by atoms with Gasteiger partial charge in [-0.05, 0) is 24.7 Å². The molecule has 0 aliphatic heterocycles. The summed E-state index contributed by atoms with van der Waals surface area (Å²) >= 11 is 0. The zero-order valence-corrected chi connectivity index (χ0v) is 7.90. The molecule has 2 aliphatic carbocycles. The van der Waals surface area contributed by atoms with Crippen LogP contribution in [-0.2, 0) is 7.05 Å². The van der Waals surface area contributed by atoms with Crippen molar-refractivity contribution in [3.8, 4) is 0 Å². The van der Waals surface area contributed by atoms with Gasteiger partial charge in [0.25, 0.3) is 0 Å². The van der Waals surface area contributed by atoms with Gasteiger partial charge < -0.3 is 5.73 Å². The van der Waals surface area contributed by atoms with Crippen LogP contribution in [0.2, 0.25) is 0 Å². The van der Waals surface area contributed by atoms with Crippen LogP contribution in [-0.4, -0.2) is 9.78 Å². The molecule has 3 heteroatoms. The number of hydrogen-bond donors (Lipinski definition) is 1. The van der Waals surface area contributed by atoms with Crippen molar-refractivity contribution in [2.75, 3.05) is 5.73 Å². The third-order valence-corrected chi connectivity index (χ3v) is 3.68. The maximum Gasteiger partial charge on any atom is 0.121 e. The summed E-state index contributed by atoms with van der Waals surface area (Å²) in [6, 6.07) is 2.04. The Morgan fingerprint density at radius 3 is 2.69 bits per heavy atom. The van der Waals surface area contributed by atoms with E-state index in [4.69, 9.17) is 5.73 Å². The molecule has 3 nitrogen and oxygen atoms in total. The van der Waals surface area contributed by atoms with Gasteiger partial charge in [0.15, 0.2) is 0 Å². The molecule has 1 aromatic heterocycles. The molecule has 0 radical (unpaired) electrons. The maximum absolute atomic E-state index is 5.76. The van der Waals surface area contributed by atoms with E-state index >= 15 is 0 Å². The highest BCUT2D eigenvalue weighted by molar-refractivity contribution is 5.35. The van der Waals surface area contributed by atoms with E-state index in [9.17, 15) is 0 Å². The van der Waals surface area contributed by atoms with E-state index in [0.717, 1.165) is 23.6 Å². The number of nitrogens with zero attached hydrogens (tertiary/aromatic N) is 2. The van der Waals surface area contributed by atoms with Crippen LogP contribution in [0.15, 0.2) is 6.07 Å². The second kappa shape index (κ2) is 2.28. The van der Waals surface area contributed by atoms with Crippen LogP contribution in [0.5, 0.6) is 0 Å². The molecular formula is C10H15N3. The van der Waals surface area contributed by atoms with E-state index < -0.39 is 0 Å². The average Bonchev–Trinajstić information content (AvgIpc) is 2.44. The van der Waals surface area contributed by atoms with Gasteiger partial charge in [-0.3, -0.25) is 4.68 Å². The molecule has 0 amide bonds. The van der Waals surface area contributed by atoms with E-state index in [0.29, 0.717) is 0 Å². The smallest absolute Gasteiger partial charge is 0.121 e. The first kappa shape index (κ1) is 7.42. The Hall–Kier alpha value is -0.990. The summed E-state index contributed by atoms with van der Waals surface area (Å²) in [5.41, 5.74) is 6.99. The fourth-order valence-electron chi connectivity index (χ4n) is 2.93. The molecule has 1 heterocycles. The van der Waals surface area contributed by atoms with Crippen molar-refractivity contribution in [3.63, 3.8) is 0 Å². The Bertz CT molecular complexity index is 312. The summed E-state index contributed by atoms with van der Waals surface area (Å²) in [5.74, 6) is 3.42. The Morgan fingerprint density at radius 1 is 1.46 bits per heavy atom. The molecule has 13 heavy (non-hydrogen) atoms. The zero-order chi connectivity index (χ0) is 9.00. The second-order valence-corrected chi connectivity index (χ2v) is 4.40. The molecule has 2 atom stereocenters. The van der Waals surface area contributed by atoms with Crippen LogP contribution in [0.1, 0.15) is 30.9 Å². The molecule has 2 N–H and O–H groups in total. The highest BCUT2D eigenvalue weighted by Gasteiger charge is 2.54. The molecule has 3 rings (SSSR count). The summed E-state index contributed by atoms with van der Waals surface area (Å²) in [5, 5.41) is 4.45. The summed E-state index contributed by atoms with van der Waals surface area (Å²) < 4.78 is 1.78. The third-order valence-electron chi connectivity index (χ3n) is 3.68. The molecule has 0 saturated heterocycles. The van der Waals surface area contributed by atoms with Crippen LogP contribution < -0.4 is 5.73 Å². The standard InChI is InChI=1S/C10H15N3/c1-13-9(11)5-8(12-13)10-6-3-2-4-7(6)10/h5-7,10H,2-4,11H2,1H3. The minimum absolute atomic E-state index is 0.747. The molecular weight excluding hydrogens is 162 g/mol. The van der Waals surface area contributed by atoms with Gasteiger partial charge in [-0.25, -0.2) is 0 Å². The molecule has 0 bridgehead atoms. The maximum atomic E-state index is 5.76. The predicted molar refractivity (Wildman–Crippen MR) is 51.2 cm³/mol. The van der Waals surface area contributed by atoms with Gasteiger partial charge in [-0.1, -0.05) is 6.42 Å². The van der Waals surface area contributed by atoms with E-state index in [2.05, 4.69) is 5.10 Å².